The van der Waals surface area contributed by atoms with Crippen molar-refractivity contribution in [1.82, 2.24) is 4.90 Å². The normalized spacial score (nSPS) is 22.2. The van der Waals surface area contributed by atoms with Crippen LogP contribution in [0.15, 0.2) is 24.3 Å². The molecule has 0 radical (unpaired) electrons. The Balaban J connectivity index is 2.17. The first kappa shape index (κ1) is 13.3. The minimum atomic E-state index is 0.107. The van der Waals surface area contributed by atoms with Crippen LogP contribution in [0.2, 0.25) is 0 Å². The molecule has 2 heteroatoms. The van der Waals surface area contributed by atoms with Gasteiger partial charge in [0.15, 0.2) is 5.78 Å². The molecule has 1 fully saturated rings. The summed E-state index contributed by atoms with van der Waals surface area (Å²) in [6, 6.07) is 8.60. The molecule has 1 unspecified atom stereocenters. The van der Waals surface area contributed by atoms with E-state index in [4.69, 9.17) is 0 Å². The second-order valence-corrected chi connectivity index (χ2v) is 6.42. The number of rotatable bonds is 1. The fraction of sp³-hybridized carbons (Fsp3) is 0.562. The average Bonchev–Trinajstić information content (AvgIpc) is 2.28. The van der Waals surface area contributed by atoms with Gasteiger partial charge < -0.3 is 0 Å². The molecule has 1 aliphatic heterocycles. The maximum atomic E-state index is 12.0. The van der Waals surface area contributed by atoms with E-state index in [1.165, 1.54) is 11.1 Å². The van der Waals surface area contributed by atoms with E-state index in [2.05, 4.69) is 49.9 Å². The van der Waals surface area contributed by atoms with E-state index in [9.17, 15) is 4.79 Å². The van der Waals surface area contributed by atoms with Gasteiger partial charge in [-0.25, -0.2) is 0 Å². The van der Waals surface area contributed by atoms with E-state index in [-0.39, 0.29) is 11.3 Å². The van der Waals surface area contributed by atoms with Crippen LogP contribution in [0.4, 0.5) is 0 Å². The van der Waals surface area contributed by atoms with Crippen LogP contribution in [0.5, 0.6) is 0 Å². The first-order valence-corrected chi connectivity index (χ1v) is 6.69. The first-order valence-electron chi connectivity index (χ1n) is 6.69. The van der Waals surface area contributed by atoms with Gasteiger partial charge in [-0.1, -0.05) is 45.0 Å². The molecular weight excluding hydrogens is 222 g/mol. The van der Waals surface area contributed by atoms with Crippen LogP contribution in [0.1, 0.15) is 44.2 Å². The molecule has 1 atom stereocenters. The number of hydrogen-bond donors (Lipinski definition) is 0. The second kappa shape index (κ2) is 4.85. The molecule has 18 heavy (non-hydrogen) atoms. The van der Waals surface area contributed by atoms with E-state index >= 15 is 0 Å². The van der Waals surface area contributed by atoms with Gasteiger partial charge in [0.05, 0.1) is 6.54 Å². The predicted molar refractivity (Wildman–Crippen MR) is 75.0 cm³/mol. The van der Waals surface area contributed by atoms with Crippen LogP contribution in [-0.4, -0.2) is 30.8 Å². The smallest absolute Gasteiger partial charge is 0.154 e. The number of likely N-dealkylation sites (tertiary alicyclic amines) is 1. The largest absolute Gasteiger partial charge is 0.299 e. The molecule has 1 heterocycles. The zero-order chi connectivity index (χ0) is 13.3. The van der Waals surface area contributed by atoms with Crippen LogP contribution >= 0.6 is 0 Å². The third-order valence-electron chi connectivity index (χ3n) is 3.79. The Kier molecular flexibility index (Phi) is 3.58. The molecule has 0 spiro atoms. The summed E-state index contributed by atoms with van der Waals surface area (Å²) in [6.07, 6.45) is 0.949. The SMILES string of the molecule is CN1CCC(c2ccc(C(C)(C)C)cc2)C(=O)C1. The molecule has 1 aromatic carbocycles. The van der Waals surface area contributed by atoms with Crippen LogP contribution < -0.4 is 0 Å². The van der Waals surface area contributed by atoms with Gasteiger partial charge in [-0.2, -0.15) is 0 Å². The highest BCUT2D eigenvalue weighted by Gasteiger charge is 2.26. The molecular formula is C16H23NO. The van der Waals surface area contributed by atoms with Gasteiger partial charge in [-0.05, 0) is 36.6 Å². The Morgan fingerprint density at radius 2 is 1.78 bits per heavy atom. The maximum Gasteiger partial charge on any atom is 0.154 e. The van der Waals surface area contributed by atoms with Crippen molar-refractivity contribution in [2.75, 3.05) is 20.1 Å². The van der Waals surface area contributed by atoms with Gasteiger partial charge in [0.1, 0.15) is 0 Å². The average molecular weight is 245 g/mol. The monoisotopic (exact) mass is 245 g/mol. The van der Waals surface area contributed by atoms with Gasteiger partial charge in [-0.3, -0.25) is 9.69 Å². The molecule has 1 aromatic rings. The zero-order valence-electron chi connectivity index (χ0n) is 11.9. The fourth-order valence-electron chi connectivity index (χ4n) is 2.53. The second-order valence-electron chi connectivity index (χ2n) is 6.42. The molecule has 0 N–H and O–H groups in total. The summed E-state index contributed by atoms with van der Waals surface area (Å²) in [5, 5.41) is 0. The molecule has 0 bridgehead atoms. The van der Waals surface area contributed by atoms with Crippen molar-refractivity contribution in [3.8, 4) is 0 Å². The fourth-order valence-corrected chi connectivity index (χ4v) is 2.53. The quantitative estimate of drug-likeness (QED) is 0.758. The van der Waals surface area contributed by atoms with Crippen molar-refractivity contribution in [3.63, 3.8) is 0 Å². The summed E-state index contributed by atoms with van der Waals surface area (Å²) in [4.78, 5) is 14.1. The number of carbonyl (C=O) groups is 1. The van der Waals surface area contributed by atoms with E-state index in [1.54, 1.807) is 0 Å². The molecule has 1 saturated heterocycles. The number of piperidine rings is 1. The minimum Gasteiger partial charge on any atom is -0.299 e. The Morgan fingerprint density at radius 3 is 2.28 bits per heavy atom. The number of hydrogen-bond acceptors (Lipinski definition) is 2. The molecule has 0 saturated carbocycles. The standard InChI is InChI=1S/C16H23NO/c1-16(2,3)13-7-5-12(6-8-13)14-9-10-17(4)11-15(14)18/h5-8,14H,9-11H2,1-4H3. The number of carbonyl (C=O) groups excluding carboxylic acids is 1. The highest BCUT2D eigenvalue weighted by atomic mass is 16.1. The molecule has 0 aromatic heterocycles. The highest BCUT2D eigenvalue weighted by molar-refractivity contribution is 5.88. The van der Waals surface area contributed by atoms with E-state index in [0.29, 0.717) is 12.3 Å². The maximum absolute atomic E-state index is 12.0. The van der Waals surface area contributed by atoms with E-state index in [0.717, 1.165) is 13.0 Å². The van der Waals surface area contributed by atoms with Crippen molar-refractivity contribution in [3.05, 3.63) is 35.4 Å². The van der Waals surface area contributed by atoms with Crippen molar-refractivity contribution in [1.29, 1.82) is 0 Å². The van der Waals surface area contributed by atoms with Gasteiger partial charge in [0, 0.05) is 5.92 Å². The van der Waals surface area contributed by atoms with Gasteiger partial charge >= 0.3 is 0 Å². The third-order valence-corrected chi connectivity index (χ3v) is 3.79. The summed E-state index contributed by atoms with van der Waals surface area (Å²) in [6.45, 7) is 8.23. The lowest BCUT2D eigenvalue weighted by Gasteiger charge is -2.28. The molecule has 98 valence electrons. The Bertz CT molecular complexity index is 427. The molecule has 1 aliphatic rings. The summed E-state index contributed by atoms with van der Waals surface area (Å²) >= 11 is 0. The van der Waals surface area contributed by atoms with Crippen LogP contribution in [0.3, 0.4) is 0 Å². The van der Waals surface area contributed by atoms with Crippen molar-refractivity contribution >= 4 is 5.78 Å². The molecule has 0 amide bonds. The van der Waals surface area contributed by atoms with Crippen molar-refractivity contribution in [2.24, 2.45) is 0 Å². The summed E-state index contributed by atoms with van der Waals surface area (Å²) in [7, 11) is 2.01. The first-order chi connectivity index (χ1) is 8.38. The lowest BCUT2D eigenvalue weighted by molar-refractivity contribution is -0.123. The van der Waals surface area contributed by atoms with E-state index in [1.807, 2.05) is 7.05 Å². The van der Waals surface area contributed by atoms with Gasteiger partial charge in [0.25, 0.3) is 0 Å². The Hall–Kier alpha value is -1.15. The number of Topliss-reactive ketones (excluding diaryl/α,β-unsaturated/α-hetero) is 1. The number of nitrogens with zero attached hydrogens (tertiary/aromatic N) is 1. The summed E-state index contributed by atoms with van der Waals surface area (Å²) < 4.78 is 0. The van der Waals surface area contributed by atoms with Gasteiger partial charge in [0.2, 0.25) is 0 Å². The Labute approximate surface area is 110 Å². The van der Waals surface area contributed by atoms with E-state index < -0.39 is 0 Å². The van der Waals surface area contributed by atoms with Gasteiger partial charge in [-0.15, -0.1) is 0 Å². The molecule has 2 rings (SSSR count). The lowest BCUT2D eigenvalue weighted by Crippen LogP contribution is -2.37. The molecule has 2 nitrogen and oxygen atoms in total. The van der Waals surface area contributed by atoms with Crippen molar-refractivity contribution in [2.45, 2.75) is 38.5 Å². The highest BCUT2D eigenvalue weighted by Crippen LogP contribution is 2.28. The lowest BCUT2D eigenvalue weighted by atomic mass is 9.83. The molecule has 0 aliphatic carbocycles. The van der Waals surface area contributed by atoms with Crippen molar-refractivity contribution < 1.29 is 4.79 Å². The predicted octanol–water partition coefficient (Wildman–Crippen LogP) is 2.97. The van der Waals surface area contributed by atoms with Crippen LogP contribution in [0, 0.1) is 0 Å². The number of benzene rings is 1. The summed E-state index contributed by atoms with van der Waals surface area (Å²) in [5.41, 5.74) is 2.68. The number of likely N-dealkylation sites (N-methyl/N-ethyl adjacent to an activating group) is 1. The number of ketones is 1. The zero-order valence-corrected chi connectivity index (χ0v) is 11.9. The Morgan fingerprint density at radius 1 is 1.17 bits per heavy atom. The third kappa shape index (κ3) is 2.81. The topological polar surface area (TPSA) is 20.3 Å². The van der Waals surface area contributed by atoms with Crippen LogP contribution in [-0.2, 0) is 10.2 Å². The van der Waals surface area contributed by atoms with Crippen LogP contribution in [0.25, 0.3) is 0 Å². The minimum absolute atomic E-state index is 0.107. The summed E-state index contributed by atoms with van der Waals surface area (Å²) in [5.74, 6) is 0.461.